The minimum atomic E-state index is -1.12. The summed E-state index contributed by atoms with van der Waals surface area (Å²) in [7, 11) is 0. The molecule has 0 bridgehead atoms. The minimum Gasteiger partial charge on any atom is -0.478 e. The molecule has 10 heteroatoms. The van der Waals surface area contributed by atoms with E-state index in [0.29, 0.717) is 32.9 Å². The van der Waals surface area contributed by atoms with Crippen LogP contribution in [-0.4, -0.2) is 40.6 Å². The first-order valence-corrected chi connectivity index (χ1v) is 10.6. The monoisotopic (exact) mass is 444 g/mol. The molecule has 0 saturated heterocycles. The summed E-state index contributed by atoms with van der Waals surface area (Å²) in [4.78, 5) is 45.9. The van der Waals surface area contributed by atoms with Crippen molar-refractivity contribution < 1.29 is 9.90 Å². The first-order chi connectivity index (χ1) is 15.5. The van der Waals surface area contributed by atoms with E-state index in [1.54, 1.807) is 30.6 Å². The number of thioether (sulfide) groups is 1. The fourth-order valence-corrected chi connectivity index (χ4v) is 4.48. The lowest BCUT2D eigenvalue weighted by atomic mass is 10.1. The molecule has 0 spiro atoms. The van der Waals surface area contributed by atoms with Gasteiger partial charge in [0.15, 0.2) is 5.65 Å². The topological polar surface area (TPSA) is 127 Å². The van der Waals surface area contributed by atoms with E-state index in [0.717, 1.165) is 5.56 Å². The van der Waals surface area contributed by atoms with Crippen LogP contribution >= 0.6 is 11.8 Å². The van der Waals surface area contributed by atoms with Gasteiger partial charge in [0, 0.05) is 0 Å². The number of hydrogen-bond donors (Lipinski definition) is 2. The number of carbonyl (C=O) groups is 1. The number of carboxylic acids is 1. The van der Waals surface area contributed by atoms with Gasteiger partial charge in [-0.15, -0.1) is 0 Å². The fourth-order valence-electron chi connectivity index (χ4n) is 3.62. The van der Waals surface area contributed by atoms with Crippen molar-refractivity contribution >= 4 is 39.8 Å². The maximum atomic E-state index is 13.6. The molecular weight excluding hydrogens is 428 g/mol. The van der Waals surface area contributed by atoms with E-state index >= 15 is 0 Å². The van der Waals surface area contributed by atoms with Crippen LogP contribution in [0.3, 0.4) is 0 Å². The predicted octanol–water partition coefficient (Wildman–Crippen LogP) is 3.35. The summed E-state index contributed by atoms with van der Waals surface area (Å²) in [6, 6.07) is 11.9. The average molecular weight is 444 g/mol. The standard InChI is InChI=1S/C22H16N6O3S/c1-12-5-4-7-14-17(12)21(29)28(15-8-3-2-6-13(15)22(30)31)16(27-14)9-32-20-18-19(24-10-23-18)25-11-26-20/h2-8,10-11H,9H2,1H3,(H,30,31)(H,23,24,25,26). The van der Waals surface area contributed by atoms with Gasteiger partial charge in [0.2, 0.25) is 0 Å². The first-order valence-electron chi connectivity index (χ1n) is 9.65. The molecule has 0 fully saturated rings. The normalized spacial score (nSPS) is 11.3. The maximum absolute atomic E-state index is 13.6. The van der Waals surface area contributed by atoms with E-state index in [1.807, 2.05) is 19.1 Å². The summed E-state index contributed by atoms with van der Waals surface area (Å²) < 4.78 is 1.38. The number of aromatic carboxylic acids is 1. The van der Waals surface area contributed by atoms with Crippen LogP contribution in [0, 0.1) is 6.92 Å². The minimum absolute atomic E-state index is 0.0207. The Morgan fingerprint density at radius 1 is 1.12 bits per heavy atom. The third-order valence-electron chi connectivity index (χ3n) is 5.07. The highest BCUT2D eigenvalue weighted by molar-refractivity contribution is 7.98. The van der Waals surface area contributed by atoms with Crippen molar-refractivity contribution in [3.63, 3.8) is 0 Å². The molecule has 0 amide bonds. The van der Waals surface area contributed by atoms with Crippen molar-refractivity contribution in [2.45, 2.75) is 17.7 Å². The lowest BCUT2D eigenvalue weighted by Gasteiger charge is -2.16. The molecule has 5 aromatic rings. The zero-order valence-corrected chi connectivity index (χ0v) is 17.6. The molecule has 3 heterocycles. The number of nitrogens with one attached hydrogen (secondary N) is 1. The van der Waals surface area contributed by atoms with Crippen molar-refractivity contribution in [3.05, 3.63) is 82.4 Å². The zero-order valence-electron chi connectivity index (χ0n) is 16.8. The summed E-state index contributed by atoms with van der Waals surface area (Å²) in [6.45, 7) is 1.84. The zero-order chi connectivity index (χ0) is 22.2. The summed E-state index contributed by atoms with van der Waals surface area (Å²) >= 11 is 1.35. The van der Waals surface area contributed by atoms with Crippen LogP contribution in [0.25, 0.3) is 27.8 Å². The fraction of sp³-hybridized carbons (Fsp3) is 0.0909. The second-order valence-corrected chi connectivity index (χ2v) is 7.99. The maximum Gasteiger partial charge on any atom is 0.337 e. The largest absolute Gasteiger partial charge is 0.478 e. The van der Waals surface area contributed by atoms with Gasteiger partial charge in [-0.2, -0.15) is 0 Å². The summed E-state index contributed by atoms with van der Waals surface area (Å²) in [5, 5.41) is 10.8. The van der Waals surface area contributed by atoms with Crippen molar-refractivity contribution in [2.24, 2.45) is 0 Å². The van der Waals surface area contributed by atoms with Gasteiger partial charge < -0.3 is 10.1 Å². The van der Waals surface area contributed by atoms with Gasteiger partial charge in [-0.3, -0.25) is 9.36 Å². The third-order valence-corrected chi connectivity index (χ3v) is 6.05. The molecule has 9 nitrogen and oxygen atoms in total. The van der Waals surface area contributed by atoms with Gasteiger partial charge in [0.25, 0.3) is 5.56 Å². The highest BCUT2D eigenvalue weighted by Gasteiger charge is 2.20. The number of benzene rings is 2. The molecule has 0 aliphatic rings. The quantitative estimate of drug-likeness (QED) is 0.312. The lowest BCUT2D eigenvalue weighted by molar-refractivity contribution is 0.0697. The molecule has 32 heavy (non-hydrogen) atoms. The number of imidazole rings is 1. The number of rotatable bonds is 5. The van der Waals surface area contributed by atoms with Crippen LogP contribution in [0.5, 0.6) is 0 Å². The molecule has 3 aromatic heterocycles. The Bertz CT molecular complexity index is 1560. The van der Waals surface area contributed by atoms with Gasteiger partial charge >= 0.3 is 5.97 Å². The number of para-hydroxylation sites is 1. The summed E-state index contributed by atoms with van der Waals surface area (Å²) in [5.74, 6) is -0.439. The van der Waals surface area contributed by atoms with E-state index in [9.17, 15) is 14.7 Å². The molecule has 0 aliphatic heterocycles. The number of hydrogen-bond acceptors (Lipinski definition) is 7. The van der Waals surface area contributed by atoms with E-state index in [2.05, 4.69) is 19.9 Å². The van der Waals surface area contributed by atoms with Gasteiger partial charge in [-0.05, 0) is 30.7 Å². The molecule has 0 atom stereocenters. The van der Waals surface area contributed by atoms with Crippen LogP contribution in [0.15, 0.2) is 64.9 Å². The molecule has 2 N–H and O–H groups in total. The molecule has 2 aromatic carbocycles. The number of nitrogens with zero attached hydrogens (tertiary/aromatic N) is 5. The Morgan fingerprint density at radius 3 is 2.81 bits per heavy atom. The number of carboxylic acid groups (broad SMARTS) is 1. The van der Waals surface area contributed by atoms with Gasteiger partial charge in [-0.1, -0.05) is 36.0 Å². The number of aryl methyl sites for hydroxylation is 1. The molecule has 0 aliphatic carbocycles. The van der Waals surface area contributed by atoms with Crippen molar-refractivity contribution in [1.82, 2.24) is 29.5 Å². The van der Waals surface area contributed by atoms with Crippen molar-refractivity contribution in [3.8, 4) is 5.69 Å². The Hall–Kier alpha value is -4.05. The molecule has 158 valence electrons. The summed E-state index contributed by atoms with van der Waals surface area (Å²) in [5.41, 5.74) is 2.53. The Kier molecular flexibility index (Phi) is 4.91. The Balaban J connectivity index is 1.71. The SMILES string of the molecule is Cc1cccc2nc(CSc3ncnc4[nH]cnc34)n(-c3ccccc3C(=O)O)c(=O)c12. The molecule has 0 saturated carbocycles. The Morgan fingerprint density at radius 2 is 1.97 bits per heavy atom. The van der Waals surface area contributed by atoms with E-state index in [-0.39, 0.29) is 22.6 Å². The van der Waals surface area contributed by atoms with Crippen LogP contribution in [0.4, 0.5) is 0 Å². The van der Waals surface area contributed by atoms with E-state index in [4.69, 9.17) is 4.98 Å². The molecular formula is C22H16N6O3S. The van der Waals surface area contributed by atoms with E-state index < -0.39 is 5.97 Å². The summed E-state index contributed by atoms with van der Waals surface area (Å²) in [6.07, 6.45) is 2.98. The highest BCUT2D eigenvalue weighted by atomic mass is 32.2. The predicted molar refractivity (Wildman–Crippen MR) is 120 cm³/mol. The third kappa shape index (κ3) is 3.30. The van der Waals surface area contributed by atoms with Crippen LogP contribution in [0.1, 0.15) is 21.7 Å². The van der Waals surface area contributed by atoms with E-state index in [1.165, 1.54) is 28.7 Å². The second-order valence-electron chi connectivity index (χ2n) is 7.03. The molecule has 0 unspecified atom stereocenters. The van der Waals surface area contributed by atoms with Crippen LogP contribution in [-0.2, 0) is 5.75 Å². The number of aromatic nitrogens is 6. The number of H-pyrrole nitrogens is 1. The Labute approximate surface area is 185 Å². The lowest BCUT2D eigenvalue weighted by Crippen LogP contribution is -2.26. The molecule has 0 radical (unpaired) electrons. The second kappa shape index (κ2) is 7.89. The first kappa shape index (κ1) is 19.9. The van der Waals surface area contributed by atoms with Crippen molar-refractivity contribution in [2.75, 3.05) is 0 Å². The molecule has 5 rings (SSSR count). The number of aromatic amines is 1. The van der Waals surface area contributed by atoms with Crippen molar-refractivity contribution in [1.29, 1.82) is 0 Å². The van der Waals surface area contributed by atoms with Gasteiger partial charge in [0.1, 0.15) is 22.7 Å². The van der Waals surface area contributed by atoms with Crippen LogP contribution < -0.4 is 5.56 Å². The highest BCUT2D eigenvalue weighted by Crippen LogP contribution is 2.27. The van der Waals surface area contributed by atoms with Gasteiger partial charge in [0.05, 0.1) is 34.2 Å². The van der Waals surface area contributed by atoms with Gasteiger partial charge in [-0.25, -0.2) is 24.7 Å². The average Bonchev–Trinajstić information content (AvgIpc) is 3.27. The smallest absolute Gasteiger partial charge is 0.337 e. The number of fused-ring (bicyclic) bond motifs is 2. The van der Waals surface area contributed by atoms with Crippen LogP contribution in [0.2, 0.25) is 0 Å².